The second kappa shape index (κ2) is 5.23. The third kappa shape index (κ3) is 3.15. The van der Waals surface area contributed by atoms with Crippen molar-refractivity contribution in [2.24, 2.45) is 5.73 Å². The first-order chi connectivity index (χ1) is 7.41. The third-order valence-electron chi connectivity index (χ3n) is 1.88. The first-order valence-corrected chi connectivity index (χ1v) is 5.66. The Hall–Kier alpha value is -1.20. The van der Waals surface area contributed by atoms with Crippen LogP contribution in [-0.2, 0) is 4.79 Å². The van der Waals surface area contributed by atoms with Gasteiger partial charge in [0.2, 0.25) is 5.91 Å². The van der Waals surface area contributed by atoms with Crippen molar-refractivity contribution in [3.05, 3.63) is 28.8 Å². The molecule has 0 saturated heterocycles. The minimum Gasteiger partial charge on any atom is -0.478 e. The zero-order valence-electron chi connectivity index (χ0n) is 8.44. The Kier molecular flexibility index (Phi) is 4.20. The molecule has 0 bridgehead atoms. The lowest BCUT2D eigenvalue weighted by atomic mass is 10.2. The van der Waals surface area contributed by atoms with Gasteiger partial charge in [0.25, 0.3) is 0 Å². The quantitative estimate of drug-likeness (QED) is 0.811. The van der Waals surface area contributed by atoms with Crippen molar-refractivity contribution in [1.29, 1.82) is 0 Å². The van der Waals surface area contributed by atoms with E-state index in [0.29, 0.717) is 4.90 Å². The minimum atomic E-state index is -1.10. The summed E-state index contributed by atoms with van der Waals surface area (Å²) in [6.45, 7) is 1.65. The molecule has 0 aliphatic rings. The fourth-order valence-corrected chi connectivity index (χ4v) is 2.06. The molecule has 3 N–H and O–H groups in total. The lowest BCUT2D eigenvalue weighted by molar-refractivity contribution is -0.117. The lowest BCUT2D eigenvalue weighted by Gasteiger charge is -2.08. The van der Waals surface area contributed by atoms with Gasteiger partial charge in [-0.05, 0) is 25.1 Å². The van der Waals surface area contributed by atoms with Crippen LogP contribution in [0.25, 0.3) is 0 Å². The summed E-state index contributed by atoms with van der Waals surface area (Å²) in [5, 5.41) is 8.60. The van der Waals surface area contributed by atoms with Crippen LogP contribution in [0.2, 0.25) is 5.02 Å². The standard InChI is InChI=1S/C10H10ClNO3S/c1-5(9(12)13)16-6-2-3-8(11)7(4-6)10(14)15/h2-5H,1H3,(H2,12,13)(H,14,15). The average Bonchev–Trinajstić information content (AvgIpc) is 2.20. The van der Waals surface area contributed by atoms with Gasteiger partial charge in [0.15, 0.2) is 0 Å². The lowest BCUT2D eigenvalue weighted by Crippen LogP contribution is -2.22. The molecule has 1 aromatic rings. The highest BCUT2D eigenvalue weighted by molar-refractivity contribution is 8.00. The smallest absolute Gasteiger partial charge is 0.337 e. The predicted molar refractivity (Wildman–Crippen MR) is 62.9 cm³/mol. The molecule has 1 atom stereocenters. The number of hydrogen-bond donors (Lipinski definition) is 2. The number of aromatic carboxylic acids is 1. The van der Waals surface area contributed by atoms with Gasteiger partial charge in [0.1, 0.15) is 0 Å². The maximum Gasteiger partial charge on any atom is 0.337 e. The summed E-state index contributed by atoms with van der Waals surface area (Å²) < 4.78 is 0. The average molecular weight is 260 g/mol. The van der Waals surface area contributed by atoms with E-state index < -0.39 is 17.1 Å². The molecule has 4 nitrogen and oxygen atoms in total. The molecular formula is C10H10ClNO3S. The summed E-state index contributed by atoms with van der Waals surface area (Å²) in [6, 6.07) is 4.56. The molecule has 16 heavy (non-hydrogen) atoms. The van der Waals surface area contributed by atoms with Gasteiger partial charge in [0, 0.05) is 4.90 Å². The van der Waals surface area contributed by atoms with Crippen molar-refractivity contribution in [2.45, 2.75) is 17.1 Å². The summed E-state index contributed by atoms with van der Waals surface area (Å²) in [4.78, 5) is 22.3. The topological polar surface area (TPSA) is 80.4 Å². The molecule has 0 spiro atoms. The number of nitrogens with two attached hydrogens (primary N) is 1. The Bertz CT molecular complexity index is 436. The van der Waals surface area contributed by atoms with E-state index in [4.69, 9.17) is 22.4 Å². The number of primary amides is 1. The van der Waals surface area contributed by atoms with Crippen molar-refractivity contribution in [2.75, 3.05) is 0 Å². The Morgan fingerprint density at radius 1 is 1.50 bits per heavy atom. The molecule has 0 heterocycles. The van der Waals surface area contributed by atoms with Crippen LogP contribution < -0.4 is 5.73 Å². The summed E-state index contributed by atoms with van der Waals surface area (Å²) in [5.74, 6) is -1.55. The molecule has 0 fully saturated rings. The zero-order chi connectivity index (χ0) is 12.3. The summed E-state index contributed by atoms with van der Waals surface area (Å²) in [7, 11) is 0. The number of rotatable bonds is 4. The van der Waals surface area contributed by atoms with Crippen molar-refractivity contribution in [3.8, 4) is 0 Å². The molecule has 0 radical (unpaired) electrons. The van der Waals surface area contributed by atoms with Gasteiger partial charge in [0.05, 0.1) is 15.8 Å². The molecule has 1 rings (SSSR count). The summed E-state index contributed by atoms with van der Waals surface area (Å²) in [6.07, 6.45) is 0. The van der Waals surface area contributed by atoms with Crippen LogP contribution in [0.4, 0.5) is 0 Å². The van der Waals surface area contributed by atoms with Crippen LogP contribution in [0, 0.1) is 0 Å². The van der Waals surface area contributed by atoms with Crippen molar-refractivity contribution in [1.82, 2.24) is 0 Å². The molecule has 6 heteroatoms. The molecule has 86 valence electrons. The molecule has 0 aromatic heterocycles. The van der Waals surface area contributed by atoms with Crippen molar-refractivity contribution < 1.29 is 14.7 Å². The van der Waals surface area contributed by atoms with Gasteiger partial charge in [-0.1, -0.05) is 11.6 Å². The van der Waals surface area contributed by atoms with Crippen LogP contribution in [0.3, 0.4) is 0 Å². The molecule has 1 amide bonds. The molecule has 0 aliphatic carbocycles. The third-order valence-corrected chi connectivity index (χ3v) is 3.32. The highest BCUT2D eigenvalue weighted by Gasteiger charge is 2.14. The molecule has 0 saturated carbocycles. The van der Waals surface area contributed by atoms with Crippen LogP contribution in [-0.4, -0.2) is 22.2 Å². The van der Waals surface area contributed by atoms with Crippen LogP contribution >= 0.6 is 23.4 Å². The zero-order valence-corrected chi connectivity index (χ0v) is 10.0. The SMILES string of the molecule is CC(Sc1ccc(Cl)c(C(=O)O)c1)C(N)=O. The highest BCUT2D eigenvalue weighted by atomic mass is 35.5. The number of benzene rings is 1. The predicted octanol–water partition coefficient (Wildman–Crippen LogP) is 2.00. The first-order valence-electron chi connectivity index (χ1n) is 4.40. The van der Waals surface area contributed by atoms with Gasteiger partial charge < -0.3 is 10.8 Å². The number of halogens is 1. The van der Waals surface area contributed by atoms with Gasteiger partial charge in [-0.3, -0.25) is 4.79 Å². The summed E-state index contributed by atoms with van der Waals surface area (Å²) in [5.41, 5.74) is 5.13. The van der Waals surface area contributed by atoms with Gasteiger partial charge in [-0.15, -0.1) is 11.8 Å². The number of carboxylic acids is 1. The monoisotopic (exact) mass is 259 g/mol. The summed E-state index contributed by atoms with van der Waals surface area (Å²) >= 11 is 6.90. The Morgan fingerprint density at radius 3 is 2.62 bits per heavy atom. The number of amides is 1. The first kappa shape index (κ1) is 12.9. The van der Waals surface area contributed by atoms with Crippen molar-refractivity contribution >= 4 is 35.2 Å². The second-order valence-electron chi connectivity index (χ2n) is 3.11. The second-order valence-corrected chi connectivity index (χ2v) is 4.93. The van der Waals surface area contributed by atoms with E-state index in [9.17, 15) is 9.59 Å². The number of hydrogen-bond acceptors (Lipinski definition) is 3. The van der Waals surface area contributed by atoms with Crippen LogP contribution in [0.1, 0.15) is 17.3 Å². The van der Waals surface area contributed by atoms with E-state index in [1.165, 1.54) is 23.9 Å². The maximum atomic E-state index is 10.8. The van der Waals surface area contributed by atoms with E-state index in [-0.39, 0.29) is 10.6 Å². The fraction of sp³-hybridized carbons (Fsp3) is 0.200. The van der Waals surface area contributed by atoms with E-state index >= 15 is 0 Å². The number of thioether (sulfide) groups is 1. The molecule has 1 unspecified atom stereocenters. The van der Waals surface area contributed by atoms with Gasteiger partial charge in [-0.25, -0.2) is 4.79 Å². The highest BCUT2D eigenvalue weighted by Crippen LogP contribution is 2.27. The number of carbonyl (C=O) groups is 2. The van der Waals surface area contributed by atoms with E-state index in [0.717, 1.165) is 0 Å². The van der Waals surface area contributed by atoms with Gasteiger partial charge in [-0.2, -0.15) is 0 Å². The van der Waals surface area contributed by atoms with E-state index in [1.807, 2.05) is 0 Å². The number of carbonyl (C=O) groups excluding carboxylic acids is 1. The van der Waals surface area contributed by atoms with Crippen molar-refractivity contribution in [3.63, 3.8) is 0 Å². The maximum absolute atomic E-state index is 10.8. The molecule has 0 aliphatic heterocycles. The van der Waals surface area contributed by atoms with E-state index in [1.54, 1.807) is 13.0 Å². The van der Waals surface area contributed by atoms with Crippen LogP contribution in [0.15, 0.2) is 23.1 Å². The largest absolute Gasteiger partial charge is 0.478 e. The van der Waals surface area contributed by atoms with E-state index in [2.05, 4.69) is 0 Å². The molecule has 1 aromatic carbocycles. The fourth-order valence-electron chi connectivity index (χ4n) is 1.00. The molecular weight excluding hydrogens is 250 g/mol. The number of carboxylic acid groups (broad SMARTS) is 1. The van der Waals surface area contributed by atoms with Gasteiger partial charge >= 0.3 is 5.97 Å². The minimum absolute atomic E-state index is 0.0170. The Balaban J connectivity index is 2.95. The Labute approximate surface area is 102 Å². The van der Waals surface area contributed by atoms with Crippen LogP contribution in [0.5, 0.6) is 0 Å². The Morgan fingerprint density at radius 2 is 2.12 bits per heavy atom. The normalized spacial score (nSPS) is 12.1.